The predicted octanol–water partition coefficient (Wildman–Crippen LogP) is 3.87. The number of benzene rings is 1. The van der Waals surface area contributed by atoms with Gasteiger partial charge in [-0.05, 0) is 42.2 Å². The lowest BCUT2D eigenvalue weighted by atomic mass is 9.99. The van der Waals surface area contributed by atoms with Gasteiger partial charge in [-0.3, -0.25) is 4.79 Å². The summed E-state index contributed by atoms with van der Waals surface area (Å²) >= 11 is 0. The van der Waals surface area contributed by atoms with E-state index < -0.39 is 0 Å². The van der Waals surface area contributed by atoms with Crippen molar-refractivity contribution in [1.82, 2.24) is 0 Å². The molecule has 0 radical (unpaired) electrons. The molecule has 0 unspecified atom stereocenters. The van der Waals surface area contributed by atoms with Crippen molar-refractivity contribution in [3.63, 3.8) is 0 Å². The third kappa shape index (κ3) is 4.43. The van der Waals surface area contributed by atoms with Gasteiger partial charge >= 0.3 is 0 Å². The quantitative estimate of drug-likeness (QED) is 0.405. The summed E-state index contributed by atoms with van der Waals surface area (Å²) in [5.74, 6) is 1.39. The fraction of sp³-hybridized carbons (Fsp3) is 0.438. The molecule has 1 rings (SSSR count). The van der Waals surface area contributed by atoms with Gasteiger partial charge in [-0.25, -0.2) is 0 Å². The van der Waals surface area contributed by atoms with E-state index in [9.17, 15) is 4.79 Å². The second kappa shape index (κ2) is 8.35. The summed E-state index contributed by atoms with van der Waals surface area (Å²) in [4.78, 5) is 10.8. The van der Waals surface area contributed by atoms with Gasteiger partial charge in [0.2, 0.25) is 0 Å². The zero-order chi connectivity index (χ0) is 14.1. The van der Waals surface area contributed by atoms with E-state index in [0.717, 1.165) is 30.3 Å². The van der Waals surface area contributed by atoms with Crippen LogP contribution in [0, 0.1) is 0 Å². The first-order valence-corrected chi connectivity index (χ1v) is 6.63. The number of methoxy groups -OCH3 is 2. The average Bonchev–Trinajstić information content (AvgIpc) is 2.45. The number of rotatable bonds is 8. The molecule has 0 bridgehead atoms. The molecule has 0 aliphatic rings. The van der Waals surface area contributed by atoms with Gasteiger partial charge in [0.25, 0.3) is 0 Å². The minimum Gasteiger partial charge on any atom is -0.493 e. The van der Waals surface area contributed by atoms with Gasteiger partial charge in [0.15, 0.2) is 11.5 Å². The van der Waals surface area contributed by atoms with Crippen LogP contribution in [0.2, 0.25) is 0 Å². The van der Waals surface area contributed by atoms with Gasteiger partial charge in [0.1, 0.15) is 6.29 Å². The van der Waals surface area contributed by atoms with E-state index in [4.69, 9.17) is 9.47 Å². The van der Waals surface area contributed by atoms with Crippen molar-refractivity contribution < 1.29 is 14.3 Å². The van der Waals surface area contributed by atoms with Crippen molar-refractivity contribution in [2.24, 2.45) is 0 Å². The van der Waals surface area contributed by atoms with Crippen LogP contribution in [0.4, 0.5) is 0 Å². The molecular weight excluding hydrogens is 240 g/mol. The highest BCUT2D eigenvalue weighted by molar-refractivity contribution is 5.82. The highest BCUT2D eigenvalue weighted by Crippen LogP contribution is 2.31. The Morgan fingerprint density at radius 2 is 1.89 bits per heavy atom. The molecule has 0 fully saturated rings. The number of aldehydes is 1. The SMILES string of the molecule is CCCCCC(=CC=O)c1ccc(OC)c(OC)c1. The third-order valence-corrected chi connectivity index (χ3v) is 3.07. The summed E-state index contributed by atoms with van der Waals surface area (Å²) < 4.78 is 10.5. The van der Waals surface area contributed by atoms with Crippen molar-refractivity contribution in [3.8, 4) is 11.5 Å². The van der Waals surface area contributed by atoms with Crippen molar-refractivity contribution in [3.05, 3.63) is 29.8 Å². The van der Waals surface area contributed by atoms with Crippen LogP contribution < -0.4 is 9.47 Å². The second-order valence-corrected chi connectivity index (χ2v) is 4.35. The first-order chi connectivity index (χ1) is 9.26. The molecule has 0 N–H and O–H groups in total. The number of carbonyl (C=O) groups is 1. The summed E-state index contributed by atoms with van der Waals surface area (Å²) in [5, 5.41) is 0. The maximum absolute atomic E-state index is 10.8. The van der Waals surface area contributed by atoms with E-state index >= 15 is 0 Å². The van der Waals surface area contributed by atoms with Crippen LogP contribution in [0.3, 0.4) is 0 Å². The number of hydrogen-bond acceptors (Lipinski definition) is 3. The van der Waals surface area contributed by atoms with Crippen LogP contribution in [0.1, 0.15) is 38.2 Å². The first-order valence-electron chi connectivity index (χ1n) is 6.63. The standard InChI is InChI=1S/C16H22O3/c1-4-5-6-7-13(10-11-17)14-8-9-15(18-2)16(12-14)19-3/h8-12H,4-7H2,1-3H3. The topological polar surface area (TPSA) is 35.5 Å². The third-order valence-electron chi connectivity index (χ3n) is 3.07. The van der Waals surface area contributed by atoms with E-state index in [2.05, 4.69) is 6.92 Å². The Kier molecular flexibility index (Phi) is 6.72. The van der Waals surface area contributed by atoms with Crippen LogP contribution in [-0.2, 0) is 4.79 Å². The van der Waals surface area contributed by atoms with Crippen LogP contribution in [-0.4, -0.2) is 20.5 Å². The highest BCUT2D eigenvalue weighted by Gasteiger charge is 2.08. The Morgan fingerprint density at radius 3 is 2.47 bits per heavy atom. The highest BCUT2D eigenvalue weighted by atomic mass is 16.5. The lowest BCUT2D eigenvalue weighted by molar-refractivity contribution is -0.104. The van der Waals surface area contributed by atoms with Gasteiger partial charge in [-0.1, -0.05) is 25.8 Å². The zero-order valence-corrected chi connectivity index (χ0v) is 11.9. The molecular formula is C16H22O3. The zero-order valence-electron chi connectivity index (χ0n) is 11.9. The van der Waals surface area contributed by atoms with Crippen molar-refractivity contribution in [2.45, 2.75) is 32.6 Å². The summed E-state index contributed by atoms with van der Waals surface area (Å²) in [7, 11) is 3.22. The first kappa shape index (κ1) is 15.3. The van der Waals surface area contributed by atoms with Crippen molar-refractivity contribution in [2.75, 3.05) is 14.2 Å². The molecule has 1 aromatic carbocycles. The minimum absolute atomic E-state index is 0.687. The molecule has 0 atom stereocenters. The van der Waals surface area contributed by atoms with Gasteiger partial charge in [0, 0.05) is 0 Å². The average molecular weight is 262 g/mol. The Balaban J connectivity index is 2.96. The molecule has 0 saturated heterocycles. The Labute approximate surface area is 115 Å². The number of ether oxygens (including phenoxy) is 2. The maximum Gasteiger partial charge on any atom is 0.161 e. The molecule has 1 aromatic rings. The monoisotopic (exact) mass is 262 g/mol. The van der Waals surface area contributed by atoms with E-state index in [1.165, 1.54) is 12.8 Å². The van der Waals surface area contributed by atoms with Crippen LogP contribution in [0.5, 0.6) is 11.5 Å². The van der Waals surface area contributed by atoms with Gasteiger partial charge in [-0.2, -0.15) is 0 Å². The van der Waals surface area contributed by atoms with Crippen molar-refractivity contribution in [1.29, 1.82) is 0 Å². The van der Waals surface area contributed by atoms with E-state index in [-0.39, 0.29) is 0 Å². The Bertz CT molecular complexity index is 436. The summed E-state index contributed by atoms with van der Waals surface area (Å²) in [6, 6.07) is 5.75. The predicted molar refractivity (Wildman–Crippen MR) is 77.7 cm³/mol. The molecule has 3 nitrogen and oxygen atoms in total. The fourth-order valence-electron chi connectivity index (χ4n) is 2.01. The number of allylic oxidation sites excluding steroid dienone is 2. The molecule has 3 heteroatoms. The normalized spacial score (nSPS) is 11.2. The Morgan fingerprint density at radius 1 is 1.16 bits per heavy atom. The van der Waals surface area contributed by atoms with E-state index in [1.807, 2.05) is 18.2 Å². The van der Waals surface area contributed by atoms with Crippen LogP contribution in [0.15, 0.2) is 24.3 Å². The van der Waals surface area contributed by atoms with E-state index in [0.29, 0.717) is 11.5 Å². The molecule has 0 heterocycles. The molecule has 104 valence electrons. The number of carbonyl (C=O) groups excluding carboxylic acids is 1. The molecule has 0 aliphatic carbocycles. The molecule has 0 spiro atoms. The van der Waals surface area contributed by atoms with Gasteiger partial charge in [-0.15, -0.1) is 0 Å². The summed E-state index contributed by atoms with van der Waals surface area (Å²) in [6.07, 6.45) is 6.81. The van der Waals surface area contributed by atoms with Gasteiger partial charge < -0.3 is 9.47 Å². The van der Waals surface area contributed by atoms with Gasteiger partial charge in [0.05, 0.1) is 14.2 Å². The molecule has 0 saturated carbocycles. The second-order valence-electron chi connectivity index (χ2n) is 4.35. The maximum atomic E-state index is 10.8. The lowest BCUT2D eigenvalue weighted by Crippen LogP contribution is -1.93. The molecule has 19 heavy (non-hydrogen) atoms. The smallest absolute Gasteiger partial charge is 0.161 e. The molecule has 0 aliphatic heterocycles. The largest absolute Gasteiger partial charge is 0.493 e. The fourth-order valence-corrected chi connectivity index (χ4v) is 2.01. The Hall–Kier alpha value is -1.77. The van der Waals surface area contributed by atoms with Crippen LogP contribution >= 0.6 is 0 Å². The molecule has 0 amide bonds. The molecule has 0 aromatic heterocycles. The van der Waals surface area contributed by atoms with E-state index in [1.54, 1.807) is 20.3 Å². The lowest BCUT2D eigenvalue weighted by Gasteiger charge is -2.11. The summed E-state index contributed by atoms with van der Waals surface area (Å²) in [5.41, 5.74) is 2.06. The minimum atomic E-state index is 0.687. The number of unbranched alkanes of at least 4 members (excludes halogenated alkanes) is 2. The number of hydrogen-bond donors (Lipinski definition) is 0. The van der Waals surface area contributed by atoms with Crippen LogP contribution in [0.25, 0.3) is 5.57 Å². The van der Waals surface area contributed by atoms with Crippen molar-refractivity contribution >= 4 is 11.9 Å². The summed E-state index contributed by atoms with van der Waals surface area (Å²) in [6.45, 7) is 2.17.